The van der Waals surface area contributed by atoms with Crippen LogP contribution >= 0.6 is 11.6 Å². The molecule has 0 saturated heterocycles. The Kier molecular flexibility index (Phi) is 4.23. The second-order valence-electron chi connectivity index (χ2n) is 6.53. The SMILES string of the molecule is CN1CC(=Cc2ccc(Cl)cc2)c2nc3ccccc3c(C(=O)O)c2C1. The van der Waals surface area contributed by atoms with Gasteiger partial charge in [0.05, 0.1) is 16.8 Å². The monoisotopic (exact) mass is 364 g/mol. The lowest BCUT2D eigenvalue weighted by Gasteiger charge is -2.28. The van der Waals surface area contributed by atoms with Crippen molar-refractivity contribution in [2.24, 2.45) is 0 Å². The highest BCUT2D eigenvalue weighted by molar-refractivity contribution is 6.30. The molecule has 26 heavy (non-hydrogen) atoms. The van der Waals surface area contributed by atoms with E-state index in [4.69, 9.17) is 16.6 Å². The molecule has 4 nitrogen and oxygen atoms in total. The molecule has 0 saturated carbocycles. The molecule has 4 rings (SSSR count). The Morgan fingerprint density at radius 2 is 1.88 bits per heavy atom. The van der Waals surface area contributed by atoms with Crippen molar-refractivity contribution in [1.82, 2.24) is 9.88 Å². The number of carbonyl (C=O) groups is 1. The summed E-state index contributed by atoms with van der Waals surface area (Å²) in [7, 11) is 1.99. The maximum Gasteiger partial charge on any atom is 0.336 e. The molecule has 0 aliphatic carbocycles. The Hall–Kier alpha value is -2.69. The first-order valence-electron chi connectivity index (χ1n) is 8.33. The molecule has 2 aromatic carbocycles. The first kappa shape index (κ1) is 16.8. The number of aromatic carboxylic acids is 1. The summed E-state index contributed by atoms with van der Waals surface area (Å²) in [4.78, 5) is 18.9. The van der Waals surface area contributed by atoms with Gasteiger partial charge in [0.25, 0.3) is 0 Å². The van der Waals surface area contributed by atoms with Crippen LogP contribution in [0.5, 0.6) is 0 Å². The van der Waals surface area contributed by atoms with Gasteiger partial charge >= 0.3 is 5.97 Å². The summed E-state index contributed by atoms with van der Waals surface area (Å²) in [6.45, 7) is 1.27. The molecule has 1 aromatic heterocycles. The Bertz CT molecular complexity index is 1040. The largest absolute Gasteiger partial charge is 0.478 e. The van der Waals surface area contributed by atoms with Crippen LogP contribution in [-0.4, -0.2) is 34.6 Å². The summed E-state index contributed by atoms with van der Waals surface area (Å²) >= 11 is 5.97. The topological polar surface area (TPSA) is 53.4 Å². The molecule has 0 fully saturated rings. The van der Waals surface area contributed by atoms with E-state index in [0.29, 0.717) is 34.6 Å². The van der Waals surface area contributed by atoms with Crippen molar-refractivity contribution in [3.63, 3.8) is 0 Å². The number of aromatic nitrogens is 1. The Labute approximate surface area is 156 Å². The molecule has 0 atom stereocenters. The highest BCUT2D eigenvalue weighted by atomic mass is 35.5. The van der Waals surface area contributed by atoms with Crippen molar-refractivity contribution in [2.45, 2.75) is 6.54 Å². The maximum atomic E-state index is 12.0. The highest BCUT2D eigenvalue weighted by Gasteiger charge is 2.26. The summed E-state index contributed by atoms with van der Waals surface area (Å²) in [5.41, 5.74) is 4.61. The summed E-state index contributed by atoms with van der Waals surface area (Å²) in [5, 5.41) is 11.2. The van der Waals surface area contributed by atoms with Crippen molar-refractivity contribution in [3.8, 4) is 0 Å². The van der Waals surface area contributed by atoms with Crippen LogP contribution in [-0.2, 0) is 6.54 Å². The molecule has 0 radical (unpaired) electrons. The number of nitrogens with zero attached hydrogens (tertiary/aromatic N) is 2. The molecule has 130 valence electrons. The third kappa shape index (κ3) is 2.98. The smallest absolute Gasteiger partial charge is 0.336 e. The minimum Gasteiger partial charge on any atom is -0.478 e. The molecule has 3 aromatic rings. The van der Waals surface area contributed by atoms with E-state index in [1.54, 1.807) is 0 Å². The van der Waals surface area contributed by atoms with Crippen molar-refractivity contribution >= 4 is 40.1 Å². The van der Waals surface area contributed by atoms with Crippen LogP contribution in [0.25, 0.3) is 22.6 Å². The summed E-state index contributed by atoms with van der Waals surface area (Å²) in [6, 6.07) is 15.0. The molecule has 0 bridgehead atoms. The van der Waals surface area contributed by atoms with Gasteiger partial charge in [0.1, 0.15) is 0 Å². The third-order valence-electron chi connectivity index (χ3n) is 4.59. The quantitative estimate of drug-likeness (QED) is 0.723. The number of para-hydroxylation sites is 1. The van der Waals surface area contributed by atoms with Gasteiger partial charge in [0.2, 0.25) is 0 Å². The number of carboxylic acids is 1. The maximum absolute atomic E-state index is 12.0. The van der Waals surface area contributed by atoms with Crippen LogP contribution < -0.4 is 0 Å². The van der Waals surface area contributed by atoms with Crippen LogP contribution in [0.2, 0.25) is 5.02 Å². The van der Waals surface area contributed by atoms with Crippen LogP contribution in [0, 0.1) is 0 Å². The fourth-order valence-corrected chi connectivity index (χ4v) is 3.61. The molecular formula is C21H17ClN2O2. The number of halogens is 1. The van der Waals surface area contributed by atoms with Crippen molar-refractivity contribution in [2.75, 3.05) is 13.6 Å². The van der Waals surface area contributed by atoms with Gasteiger partial charge in [-0.2, -0.15) is 0 Å². The molecule has 1 N–H and O–H groups in total. The van der Waals surface area contributed by atoms with Crippen LogP contribution in [0.1, 0.15) is 27.2 Å². The van der Waals surface area contributed by atoms with Crippen molar-refractivity contribution in [3.05, 3.63) is 75.9 Å². The van der Waals surface area contributed by atoms with Crippen LogP contribution in [0.4, 0.5) is 0 Å². The molecule has 1 aliphatic rings. The van der Waals surface area contributed by atoms with Crippen molar-refractivity contribution in [1.29, 1.82) is 0 Å². The van der Waals surface area contributed by atoms with Crippen LogP contribution in [0.15, 0.2) is 48.5 Å². The second kappa shape index (κ2) is 6.56. The molecule has 2 heterocycles. The highest BCUT2D eigenvalue weighted by Crippen LogP contribution is 2.33. The predicted octanol–water partition coefficient (Wildman–Crippen LogP) is 4.57. The average Bonchev–Trinajstić information content (AvgIpc) is 2.61. The van der Waals surface area contributed by atoms with Gasteiger partial charge < -0.3 is 5.11 Å². The van der Waals surface area contributed by atoms with Crippen molar-refractivity contribution < 1.29 is 9.90 Å². The van der Waals surface area contributed by atoms with E-state index in [1.165, 1.54) is 0 Å². The fraction of sp³-hybridized carbons (Fsp3) is 0.143. The lowest BCUT2D eigenvalue weighted by atomic mass is 9.92. The van der Waals surface area contributed by atoms with E-state index in [2.05, 4.69) is 11.0 Å². The zero-order valence-electron chi connectivity index (χ0n) is 14.2. The molecule has 5 heteroatoms. The van der Waals surface area contributed by atoms with Crippen LogP contribution in [0.3, 0.4) is 0 Å². The van der Waals surface area contributed by atoms with Gasteiger partial charge in [-0.15, -0.1) is 0 Å². The summed E-state index contributed by atoms with van der Waals surface area (Å²) < 4.78 is 0. The van der Waals surface area contributed by atoms with E-state index >= 15 is 0 Å². The summed E-state index contributed by atoms with van der Waals surface area (Å²) in [5.74, 6) is -0.916. The van der Waals surface area contributed by atoms with E-state index < -0.39 is 5.97 Å². The zero-order chi connectivity index (χ0) is 18.3. The normalized spacial score (nSPS) is 16.0. The van der Waals surface area contributed by atoms with E-state index in [1.807, 2.05) is 55.6 Å². The van der Waals surface area contributed by atoms with E-state index in [0.717, 1.165) is 22.4 Å². The number of likely N-dealkylation sites (N-methyl/N-ethyl adjacent to an activating group) is 1. The lowest BCUT2D eigenvalue weighted by Crippen LogP contribution is -2.28. The number of benzene rings is 2. The minimum absolute atomic E-state index is 0.346. The number of hydrogen-bond acceptors (Lipinski definition) is 3. The predicted molar refractivity (Wildman–Crippen MR) is 104 cm³/mol. The van der Waals surface area contributed by atoms with E-state index in [-0.39, 0.29) is 0 Å². The van der Waals surface area contributed by atoms with Gasteiger partial charge in [0, 0.05) is 29.1 Å². The Morgan fingerprint density at radius 3 is 2.62 bits per heavy atom. The molecule has 0 unspecified atom stereocenters. The van der Waals surface area contributed by atoms with Gasteiger partial charge in [-0.1, -0.05) is 41.9 Å². The number of carboxylic acid groups (broad SMARTS) is 1. The third-order valence-corrected chi connectivity index (χ3v) is 4.84. The number of fused-ring (bicyclic) bond motifs is 2. The molecule has 1 aliphatic heterocycles. The molecule has 0 amide bonds. The number of pyridine rings is 1. The Morgan fingerprint density at radius 1 is 1.15 bits per heavy atom. The minimum atomic E-state index is -0.916. The fourth-order valence-electron chi connectivity index (χ4n) is 3.48. The van der Waals surface area contributed by atoms with Gasteiger partial charge in [-0.3, -0.25) is 4.90 Å². The summed E-state index contributed by atoms with van der Waals surface area (Å²) in [6.07, 6.45) is 2.05. The van der Waals surface area contributed by atoms with Gasteiger partial charge in [-0.05, 0) is 42.5 Å². The Balaban J connectivity index is 1.97. The van der Waals surface area contributed by atoms with E-state index in [9.17, 15) is 9.90 Å². The zero-order valence-corrected chi connectivity index (χ0v) is 15.0. The second-order valence-corrected chi connectivity index (χ2v) is 6.97. The standard InChI is InChI=1S/C21H17ClN2O2/c1-24-11-14(10-13-6-8-15(22)9-7-13)20-17(12-24)19(21(25)26)16-4-2-3-5-18(16)23-20/h2-10H,11-12H2,1H3,(H,25,26). The first-order chi connectivity index (χ1) is 12.5. The van der Waals surface area contributed by atoms with Gasteiger partial charge in [0.15, 0.2) is 0 Å². The number of rotatable bonds is 2. The molecular weight excluding hydrogens is 348 g/mol. The lowest BCUT2D eigenvalue weighted by molar-refractivity contribution is 0.0696. The van der Waals surface area contributed by atoms with Gasteiger partial charge in [-0.25, -0.2) is 9.78 Å². The molecule has 0 spiro atoms. The first-order valence-corrected chi connectivity index (χ1v) is 8.70. The number of hydrogen-bond donors (Lipinski definition) is 1. The average molecular weight is 365 g/mol.